The number of anilines is 1. The van der Waals surface area contributed by atoms with E-state index in [9.17, 15) is 9.18 Å². The first-order chi connectivity index (χ1) is 10.2. The highest BCUT2D eigenvalue weighted by molar-refractivity contribution is 5.81. The number of hydrogen-bond acceptors (Lipinski definition) is 3. The second-order valence-electron chi connectivity index (χ2n) is 4.39. The smallest absolute Gasteiger partial charge is 0.239 e. The normalized spacial score (nSPS) is 9.71. The number of benzene rings is 2. The van der Waals surface area contributed by atoms with Crippen molar-refractivity contribution in [3.63, 3.8) is 0 Å². The molecule has 2 N–H and O–H groups in total. The molecule has 21 heavy (non-hydrogen) atoms. The molecule has 0 fully saturated rings. The van der Waals surface area contributed by atoms with E-state index in [0.29, 0.717) is 12.2 Å². The quantitative estimate of drug-likeness (QED) is 0.885. The van der Waals surface area contributed by atoms with Crippen molar-refractivity contribution in [1.82, 2.24) is 5.32 Å². The first-order valence-electron chi connectivity index (χ1n) is 6.44. The fraction of sp³-hybridized carbons (Fsp3) is 0.125. The van der Waals surface area contributed by atoms with E-state index in [1.54, 1.807) is 12.1 Å². The minimum Gasteiger partial charge on any atom is -0.375 e. The van der Waals surface area contributed by atoms with Crippen molar-refractivity contribution in [3.05, 3.63) is 65.5 Å². The fourth-order valence-electron chi connectivity index (χ4n) is 1.82. The van der Waals surface area contributed by atoms with Crippen molar-refractivity contribution in [2.24, 2.45) is 0 Å². The second kappa shape index (κ2) is 7.06. The van der Waals surface area contributed by atoms with Crippen LogP contribution in [0.2, 0.25) is 0 Å². The lowest BCUT2D eigenvalue weighted by atomic mass is 10.2. The van der Waals surface area contributed by atoms with Crippen LogP contribution in [-0.4, -0.2) is 12.5 Å². The summed E-state index contributed by atoms with van der Waals surface area (Å²) in [5.74, 6) is -0.834. The summed E-state index contributed by atoms with van der Waals surface area (Å²) in [4.78, 5) is 11.7. The van der Waals surface area contributed by atoms with Crippen molar-refractivity contribution < 1.29 is 9.18 Å². The third-order valence-corrected chi connectivity index (χ3v) is 2.90. The lowest BCUT2D eigenvalue weighted by Crippen LogP contribution is -2.29. The highest BCUT2D eigenvalue weighted by Gasteiger charge is 2.08. The van der Waals surface area contributed by atoms with Gasteiger partial charge in [0.15, 0.2) is 0 Å². The Hall–Kier alpha value is -2.87. The Balaban J connectivity index is 1.87. The average Bonchev–Trinajstić information content (AvgIpc) is 2.52. The molecule has 2 aromatic rings. The third-order valence-electron chi connectivity index (χ3n) is 2.90. The zero-order valence-electron chi connectivity index (χ0n) is 11.3. The van der Waals surface area contributed by atoms with E-state index in [4.69, 9.17) is 5.26 Å². The van der Waals surface area contributed by atoms with Crippen molar-refractivity contribution in [3.8, 4) is 6.07 Å². The Morgan fingerprint density at radius 2 is 1.90 bits per heavy atom. The van der Waals surface area contributed by atoms with Crippen LogP contribution in [0.25, 0.3) is 0 Å². The van der Waals surface area contributed by atoms with E-state index in [2.05, 4.69) is 10.6 Å². The van der Waals surface area contributed by atoms with Crippen LogP contribution >= 0.6 is 0 Å². The van der Waals surface area contributed by atoms with Gasteiger partial charge in [-0.25, -0.2) is 4.39 Å². The Labute approximate surface area is 122 Å². The molecule has 0 bridgehead atoms. The van der Waals surface area contributed by atoms with Crippen molar-refractivity contribution in [2.45, 2.75) is 6.54 Å². The molecule has 0 aliphatic carbocycles. The average molecular weight is 283 g/mol. The zero-order valence-corrected chi connectivity index (χ0v) is 11.3. The van der Waals surface area contributed by atoms with Crippen molar-refractivity contribution in [1.29, 1.82) is 5.26 Å². The van der Waals surface area contributed by atoms with Gasteiger partial charge in [0, 0.05) is 6.54 Å². The summed E-state index contributed by atoms with van der Waals surface area (Å²) < 4.78 is 13.4. The van der Waals surface area contributed by atoms with Crippen LogP contribution in [-0.2, 0) is 11.3 Å². The van der Waals surface area contributed by atoms with Gasteiger partial charge in [-0.1, -0.05) is 36.4 Å². The van der Waals surface area contributed by atoms with Crippen LogP contribution in [0, 0.1) is 17.1 Å². The predicted molar refractivity (Wildman–Crippen MR) is 77.9 cm³/mol. The Morgan fingerprint density at radius 1 is 1.14 bits per heavy atom. The molecule has 5 heteroatoms. The summed E-state index contributed by atoms with van der Waals surface area (Å²) in [6, 6.07) is 15.5. The molecule has 0 unspecified atom stereocenters. The summed E-state index contributed by atoms with van der Waals surface area (Å²) in [6.45, 7) is 0.403. The topological polar surface area (TPSA) is 64.9 Å². The highest BCUT2D eigenvalue weighted by atomic mass is 19.1. The number of rotatable bonds is 5. The maximum absolute atomic E-state index is 13.4. The molecule has 1 amide bonds. The van der Waals surface area contributed by atoms with Gasteiger partial charge in [0.05, 0.1) is 12.2 Å². The molecular formula is C16H14FN3O. The first-order valence-corrected chi connectivity index (χ1v) is 6.44. The van der Waals surface area contributed by atoms with Crippen LogP contribution in [0.15, 0.2) is 48.5 Å². The van der Waals surface area contributed by atoms with Gasteiger partial charge in [-0.15, -0.1) is 0 Å². The molecule has 0 aliphatic heterocycles. The van der Waals surface area contributed by atoms with Crippen LogP contribution in [0.3, 0.4) is 0 Å². The molecule has 4 nitrogen and oxygen atoms in total. The zero-order chi connectivity index (χ0) is 15.1. The van der Waals surface area contributed by atoms with E-state index in [1.165, 1.54) is 12.1 Å². The second-order valence-corrected chi connectivity index (χ2v) is 4.39. The summed E-state index contributed by atoms with van der Waals surface area (Å²) in [6.07, 6.45) is 0. The molecule has 0 radical (unpaired) electrons. The molecule has 0 aromatic heterocycles. The van der Waals surface area contributed by atoms with Gasteiger partial charge in [0.2, 0.25) is 5.91 Å². The molecule has 106 valence electrons. The number of hydrogen-bond donors (Lipinski definition) is 2. The standard InChI is InChI=1S/C16H14FN3O/c17-14-7-4-8-15(13(14)9-18)19-11-16(21)20-10-12-5-2-1-3-6-12/h1-8,19H,10-11H2,(H,20,21). The summed E-state index contributed by atoms with van der Waals surface area (Å²) >= 11 is 0. The van der Waals surface area contributed by atoms with Crippen LogP contribution in [0.4, 0.5) is 10.1 Å². The predicted octanol–water partition coefficient (Wildman–Crippen LogP) is 2.43. The Bertz CT molecular complexity index is 665. The molecule has 0 spiro atoms. The van der Waals surface area contributed by atoms with E-state index >= 15 is 0 Å². The minimum absolute atomic E-state index is 0.0229. The lowest BCUT2D eigenvalue weighted by Gasteiger charge is -2.09. The van der Waals surface area contributed by atoms with Crippen molar-refractivity contribution >= 4 is 11.6 Å². The SMILES string of the molecule is N#Cc1c(F)cccc1NCC(=O)NCc1ccccc1. The van der Waals surface area contributed by atoms with Crippen LogP contribution in [0.5, 0.6) is 0 Å². The van der Waals surface area contributed by atoms with E-state index in [0.717, 1.165) is 5.56 Å². The van der Waals surface area contributed by atoms with Gasteiger partial charge < -0.3 is 10.6 Å². The summed E-state index contributed by atoms with van der Waals surface area (Å²) in [5, 5.41) is 14.4. The highest BCUT2D eigenvalue weighted by Crippen LogP contribution is 2.17. The van der Waals surface area contributed by atoms with Gasteiger partial charge in [-0.3, -0.25) is 4.79 Å². The lowest BCUT2D eigenvalue weighted by molar-refractivity contribution is -0.119. The molecule has 0 aliphatic rings. The number of carbonyl (C=O) groups is 1. The van der Waals surface area contributed by atoms with E-state index < -0.39 is 5.82 Å². The molecule has 2 rings (SSSR count). The number of nitrogens with one attached hydrogen (secondary N) is 2. The largest absolute Gasteiger partial charge is 0.375 e. The monoisotopic (exact) mass is 283 g/mol. The van der Waals surface area contributed by atoms with Gasteiger partial charge in [-0.05, 0) is 17.7 Å². The van der Waals surface area contributed by atoms with E-state index in [-0.39, 0.29) is 18.0 Å². The number of halogens is 1. The van der Waals surface area contributed by atoms with Gasteiger partial charge in [-0.2, -0.15) is 5.26 Å². The molecule has 0 saturated heterocycles. The number of nitrogens with zero attached hydrogens (tertiary/aromatic N) is 1. The number of carbonyl (C=O) groups excluding carboxylic acids is 1. The van der Waals surface area contributed by atoms with Gasteiger partial charge >= 0.3 is 0 Å². The van der Waals surface area contributed by atoms with Gasteiger partial charge in [0.1, 0.15) is 17.4 Å². The molecule has 0 saturated carbocycles. The first kappa shape index (κ1) is 14.5. The molecule has 0 atom stereocenters. The Morgan fingerprint density at radius 3 is 2.62 bits per heavy atom. The van der Waals surface area contributed by atoms with Crippen molar-refractivity contribution in [2.75, 3.05) is 11.9 Å². The molecule has 2 aromatic carbocycles. The maximum Gasteiger partial charge on any atom is 0.239 e. The maximum atomic E-state index is 13.4. The third kappa shape index (κ3) is 4.05. The summed E-state index contributed by atoms with van der Waals surface area (Å²) in [5.41, 5.74) is 1.22. The number of amides is 1. The molecular weight excluding hydrogens is 269 g/mol. The Kier molecular flexibility index (Phi) is 4.89. The number of nitriles is 1. The summed E-state index contributed by atoms with van der Waals surface area (Å²) in [7, 11) is 0. The van der Waals surface area contributed by atoms with Gasteiger partial charge in [0.25, 0.3) is 0 Å². The molecule has 0 heterocycles. The minimum atomic E-state index is -0.604. The van der Waals surface area contributed by atoms with Crippen LogP contribution in [0.1, 0.15) is 11.1 Å². The van der Waals surface area contributed by atoms with E-state index in [1.807, 2.05) is 30.3 Å². The fourth-order valence-corrected chi connectivity index (χ4v) is 1.82. The van der Waals surface area contributed by atoms with Crippen LogP contribution < -0.4 is 10.6 Å².